The summed E-state index contributed by atoms with van der Waals surface area (Å²) >= 11 is 0. The van der Waals surface area contributed by atoms with Gasteiger partial charge < -0.3 is 26.4 Å². The van der Waals surface area contributed by atoms with Crippen LogP contribution in [-0.2, 0) is 14.3 Å². The number of benzene rings is 2. The average Bonchev–Trinajstić information content (AvgIpc) is 2.70. The Balaban J connectivity index is 1.73. The molecule has 0 fully saturated rings. The molecule has 10 heteroatoms. The highest BCUT2D eigenvalue weighted by Crippen LogP contribution is 2.21. The van der Waals surface area contributed by atoms with E-state index in [2.05, 4.69) is 26.2 Å². The third-order valence-corrected chi connectivity index (χ3v) is 3.56. The first-order valence-corrected chi connectivity index (χ1v) is 9.51. The average molecular weight is 426 g/mol. The highest BCUT2D eigenvalue weighted by Gasteiger charge is 2.16. The lowest BCUT2D eigenvalue weighted by molar-refractivity contribution is -0.123. The van der Waals surface area contributed by atoms with Crippen LogP contribution in [0, 0.1) is 0 Å². The zero-order valence-electron chi connectivity index (χ0n) is 17.6. The smallest absolute Gasteiger partial charge is 0.408 e. The molecule has 0 atom stereocenters. The quantitative estimate of drug-likeness (QED) is 0.396. The highest BCUT2D eigenvalue weighted by atomic mass is 16.6. The van der Waals surface area contributed by atoms with Crippen molar-refractivity contribution in [2.45, 2.75) is 26.4 Å². The van der Waals surface area contributed by atoms with Crippen molar-refractivity contribution in [1.29, 1.82) is 0 Å². The third kappa shape index (κ3) is 9.39. The Bertz CT molecular complexity index is 934. The van der Waals surface area contributed by atoms with Crippen LogP contribution >= 0.6 is 0 Å². The van der Waals surface area contributed by atoms with Crippen molar-refractivity contribution in [3.8, 4) is 0 Å². The van der Waals surface area contributed by atoms with Gasteiger partial charge in [0, 0.05) is 11.4 Å². The number of nitrogen functional groups attached to an aromatic ring is 1. The Hall–Kier alpha value is -3.95. The summed E-state index contributed by atoms with van der Waals surface area (Å²) in [4.78, 5) is 35.2. The molecule has 10 nitrogen and oxygen atoms in total. The SMILES string of the molecule is CC(C)(C)OC(=O)NCC(=O)NCC(=O)Nc1ccc(N=Nc2ccc(N)cc2)cc1. The van der Waals surface area contributed by atoms with Crippen molar-refractivity contribution in [3.63, 3.8) is 0 Å². The molecule has 0 radical (unpaired) electrons. The summed E-state index contributed by atoms with van der Waals surface area (Å²) in [6.07, 6.45) is -0.708. The molecule has 0 aliphatic carbocycles. The van der Waals surface area contributed by atoms with Crippen LogP contribution in [0.15, 0.2) is 58.8 Å². The molecule has 31 heavy (non-hydrogen) atoms. The largest absolute Gasteiger partial charge is 0.444 e. The molecule has 0 aromatic heterocycles. The molecule has 0 saturated heterocycles. The van der Waals surface area contributed by atoms with Gasteiger partial charge in [-0.05, 0) is 69.3 Å². The van der Waals surface area contributed by atoms with Crippen molar-refractivity contribution in [1.82, 2.24) is 10.6 Å². The van der Waals surface area contributed by atoms with Crippen molar-refractivity contribution in [2.24, 2.45) is 10.2 Å². The number of alkyl carbamates (subject to hydrolysis) is 1. The fraction of sp³-hybridized carbons (Fsp3) is 0.286. The molecule has 3 amide bonds. The van der Waals surface area contributed by atoms with Crippen molar-refractivity contribution < 1.29 is 19.1 Å². The van der Waals surface area contributed by atoms with E-state index >= 15 is 0 Å². The number of hydrogen-bond donors (Lipinski definition) is 4. The molecule has 5 N–H and O–H groups in total. The van der Waals surface area contributed by atoms with E-state index in [4.69, 9.17) is 10.5 Å². The maximum absolute atomic E-state index is 12.0. The molecule has 2 rings (SSSR count). The van der Waals surface area contributed by atoms with Crippen LogP contribution in [0.4, 0.5) is 27.5 Å². The first-order valence-electron chi connectivity index (χ1n) is 9.51. The van der Waals surface area contributed by atoms with Crippen LogP contribution in [0.5, 0.6) is 0 Å². The van der Waals surface area contributed by atoms with Gasteiger partial charge in [-0.15, -0.1) is 0 Å². The Morgan fingerprint density at radius 3 is 1.90 bits per heavy atom. The van der Waals surface area contributed by atoms with E-state index in [1.165, 1.54) is 0 Å². The minimum absolute atomic E-state index is 0.243. The molecule has 2 aromatic rings. The molecule has 0 saturated carbocycles. The van der Waals surface area contributed by atoms with Crippen LogP contribution in [0.1, 0.15) is 20.8 Å². The van der Waals surface area contributed by atoms with Crippen LogP contribution in [0.25, 0.3) is 0 Å². The Morgan fingerprint density at radius 2 is 1.35 bits per heavy atom. The van der Waals surface area contributed by atoms with Gasteiger partial charge in [0.1, 0.15) is 12.1 Å². The lowest BCUT2D eigenvalue weighted by Gasteiger charge is -2.19. The van der Waals surface area contributed by atoms with Crippen LogP contribution in [0.3, 0.4) is 0 Å². The fourth-order valence-electron chi connectivity index (χ4n) is 2.18. The second kappa shape index (κ2) is 10.7. The molecule has 0 heterocycles. The van der Waals surface area contributed by atoms with Gasteiger partial charge in [-0.1, -0.05) is 0 Å². The van der Waals surface area contributed by atoms with Gasteiger partial charge in [0.2, 0.25) is 11.8 Å². The second-order valence-electron chi connectivity index (χ2n) is 7.52. The van der Waals surface area contributed by atoms with E-state index in [9.17, 15) is 14.4 Å². The standard InChI is InChI=1S/C21H26N6O4/c1-21(2,3)31-20(30)24-12-18(28)23-13-19(29)25-15-8-10-17(11-9-15)27-26-16-6-4-14(22)5-7-16/h4-11H,12-13,22H2,1-3H3,(H,23,28)(H,24,30)(H,25,29). The first-order chi connectivity index (χ1) is 14.6. The van der Waals surface area contributed by atoms with Gasteiger partial charge in [0.15, 0.2) is 0 Å². The Kier molecular flexibility index (Phi) is 8.07. The number of hydrogen-bond acceptors (Lipinski definition) is 7. The molecule has 2 aromatic carbocycles. The number of carbonyl (C=O) groups is 3. The predicted molar refractivity (Wildman–Crippen MR) is 117 cm³/mol. The van der Waals surface area contributed by atoms with Crippen LogP contribution < -0.4 is 21.7 Å². The molecule has 0 unspecified atom stereocenters. The van der Waals surface area contributed by atoms with Gasteiger partial charge in [-0.2, -0.15) is 10.2 Å². The van der Waals surface area contributed by atoms with Gasteiger partial charge >= 0.3 is 6.09 Å². The summed E-state index contributed by atoms with van der Waals surface area (Å²) in [5, 5.41) is 15.6. The number of nitrogens with one attached hydrogen (secondary N) is 3. The van der Waals surface area contributed by atoms with Crippen LogP contribution in [-0.4, -0.2) is 36.6 Å². The monoisotopic (exact) mass is 426 g/mol. The summed E-state index contributed by atoms with van der Waals surface area (Å²) in [6.45, 7) is 4.61. The normalized spacial score (nSPS) is 11.1. The molecule has 164 valence electrons. The molecule has 0 bridgehead atoms. The van der Waals surface area contributed by atoms with E-state index in [-0.39, 0.29) is 13.1 Å². The van der Waals surface area contributed by atoms with Gasteiger partial charge in [0.25, 0.3) is 0 Å². The Morgan fingerprint density at radius 1 is 0.839 bits per heavy atom. The van der Waals surface area contributed by atoms with E-state index in [1.807, 2.05) is 0 Å². The number of ether oxygens (including phenoxy) is 1. The molecular weight excluding hydrogens is 400 g/mol. The number of rotatable bonds is 7. The highest BCUT2D eigenvalue weighted by molar-refractivity contribution is 5.95. The minimum Gasteiger partial charge on any atom is -0.444 e. The lowest BCUT2D eigenvalue weighted by Crippen LogP contribution is -2.41. The summed E-state index contributed by atoms with van der Waals surface area (Å²) in [5.74, 6) is -0.929. The number of carbonyl (C=O) groups excluding carboxylic acids is 3. The van der Waals surface area contributed by atoms with Crippen LogP contribution in [0.2, 0.25) is 0 Å². The maximum atomic E-state index is 12.0. The molecular formula is C21H26N6O4. The fourth-order valence-corrected chi connectivity index (χ4v) is 2.18. The van der Waals surface area contributed by atoms with Crippen molar-refractivity contribution in [2.75, 3.05) is 24.1 Å². The summed E-state index contributed by atoms with van der Waals surface area (Å²) < 4.78 is 5.02. The lowest BCUT2D eigenvalue weighted by atomic mass is 10.2. The summed E-state index contributed by atoms with van der Waals surface area (Å²) in [5.41, 5.74) is 7.43. The first kappa shape index (κ1) is 23.3. The molecule has 0 spiro atoms. The number of anilines is 2. The van der Waals surface area contributed by atoms with E-state index in [0.29, 0.717) is 22.7 Å². The van der Waals surface area contributed by atoms with Crippen molar-refractivity contribution >= 4 is 40.7 Å². The van der Waals surface area contributed by atoms with E-state index in [1.54, 1.807) is 69.3 Å². The topological polar surface area (TPSA) is 147 Å². The zero-order chi connectivity index (χ0) is 22.9. The predicted octanol–water partition coefficient (Wildman–Crippen LogP) is 3.26. The van der Waals surface area contributed by atoms with Gasteiger partial charge in [0.05, 0.1) is 17.9 Å². The Labute approximate surface area is 180 Å². The zero-order valence-corrected chi connectivity index (χ0v) is 17.6. The maximum Gasteiger partial charge on any atom is 0.408 e. The van der Waals surface area contributed by atoms with Gasteiger partial charge in [-0.3, -0.25) is 9.59 Å². The number of amides is 3. The second-order valence-corrected chi connectivity index (χ2v) is 7.52. The minimum atomic E-state index is -0.708. The number of azo groups is 1. The molecule has 0 aliphatic heterocycles. The van der Waals surface area contributed by atoms with E-state index in [0.717, 1.165) is 0 Å². The summed E-state index contributed by atoms with van der Waals surface area (Å²) in [7, 11) is 0. The third-order valence-electron chi connectivity index (χ3n) is 3.56. The van der Waals surface area contributed by atoms with Gasteiger partial charge in [-0.25, -0.2) is 4.79 Å². The summed E-state index contributed by atoms with van der Waals surface area (Å²) in [6, 6.07) is 13.7. The van der Waals surface area contributed by atoms with E-state index < -0.39 is 23.5 Å². The number of nitrogens with two attached hydrogens (primary N) is 1. The van der Waals surface area contributed by atoms with Crippen molar-refractivity contribution in [3.05, 3.63) is 48.5 Å². The molecule has 0 aliphatic rings. The number of nitrogens with zero attached hydrogens (tertiary/aromatic N) is 2.